The van der Waals surface area contributed by atoms with Gasteiger partial charge in [0.05, 0.1) is 18.8 Å². The molecule has 0 aromatic carbocycles. The fourth-order valence-corrected chi connectivity index (χ4v) is 3.11. The molecule has 130 valence electrons. The molecule has 2 fully saturated rings. The van der Waals surface area contributed by atoms with Crippen LogP contribution in [0.5, 0.6) is 0 Å². The standard InChI is InChI=1S/C17H23N3O4/c21-15(19-10-13-6-2-5-9-18-13)16(22)20-11-14-12-23-17(24-14)7-3-1-4-8-17/h2,5-6,9,14H,1,3-4,7-8,10-12H2,(H,19,21)(H,20,22)/t14-/m0/s1. The van der Waals surface area contributed by atoms with E-state index in [1.54, 1.807) is 18.3 Å². The van der Waals surface area contributed by atoms with E-state index in [0.717, 1.165) is 25.7 Å². The minimum absolute atomic E-state index is 0.198. The predicted molar refractivity (Wildman–Crippen MR) is 85.7 cm³/mol. The first-order chi connectivity index (χ1) is 11.7. The van der Waals surface area contributed by atoms with Gasteiger partial charge in [-0.3, -0.25) is 14.6 Å². The molecule has 7 heteroatoms. The van der Waals surface area contributed by atoms with Crippen molar-refractivity contribution in [1.29, 1.82) is 0 Å². The van der Waals surface area contributed by atoms with E-state index in [2.05, 4.69) is 15.6 Å². The van der Waals surface area contributed by atoms with Gasteiger partial charge in [-0.2, -0.15) is 0 Å². The maximum absolute atomic E-state index is 11.8. The lowest BCUT2D eigenvalue weighted by molar-refractivity contribution is -0.186. The van der Waals surface area contributed by atoms with Crippen molar-refractivity contribution in [3.05, 3.63) is 30.1 Å². The van der Waals surface area contributed by atoms with E-state index in [9.17, 15) is 9.59 Å². The van der Waals surface area contributed by atoms with Gasteiger partial charge >= 0.3 is 11.8 Å². The highest BCUT2D eigenvalue weighted by atomic mass is 16.7. The van der Waals surface area contributed by atoms with E-state index in [1.165, 1.54) is 6.42 Å². The Morgan fingerprint density at radius 2 is 1.96 bits per heavy atom. The van der Waals surface area contributed by atoms with E-state index in [4.69, 9.17) is 9.47 Å². The summed E-state index contributed by atoms with van der Waals surface area (Å²) < 4.78 is 11.8. The largest absolute Gasteiger partial charge is 0.347 e. The molecule has 2 aliphatic rings. The molecule has 1 aliphatic carbocycles. The molecule has 0 unspecified atom stereocenters. The lowest BCUT2D eigenvalue weighted by Crippen LogP contribution is -2.43. The number of pyridine rings is 1. The molecule has 1 saturated heterocycles. The summed E-state index contributed by atoms with van der Waals surface area (Å²) in [5.74, 6) is -1.81. The number of nitrogens with zero attached hydrogens (tertiary/aromatic N) is 1. The van der Waals surface area contributed by atoms with Crippen molar-refractivity contribution >= 4 is 11.8 Å². The Kier molecular flexibility index (Phi) is 5.42. The van der Waals surface area contributed by atoms with Crippen molar-refractivity contribution in [3.8, 4) is 0 Å². The van der Waals surface area contributed by atoms with Gasteiger partial charge in [0.25, 0.3) is 0 Å². The second-order valence-electron chi connectivity index (χ2n) is 6.24. The Bertz CT molecular complexity index is 572. The van der Waals surface area contributed by atoms with Crippen LogP contribution in [0.3, 0.4) is 0 Å². The van der Waals surface area contributed by atoms with Crippen molar-refractivity contribution in [1.82, 2.24) is 15.6 Å². The molecule has 0 radical (unpaired) electrons. The molecule has 0 bridgehead atoms. The molecule has 24 heavy (non-hydrogen) atoms. The van der Waals surface area contributed by atoms with Gasteiger partial charge in [-0.05, 0) is 25.0 Å². The van der Waals surface area contributed by atoms with Crippen LogP contribution in [0.2, 0.25) is 0 Å². The van der Waals surface area contributed by atoms with Crippen molar-refractivity contribution in [2.24, 2.45) is 0 Å². The maximum Gasteiger partial charge on any atom is 0.309 e. The zero-order chi connectivity index (χ0) is 16.8. The van der Waals surface area contributed by atoms with Gasteiger partial charge in [-0.25, -0.2) is 0 Å². The molecule has 2 heterocycles. The van der Waals surface area contributed by atoms with Gasteiger partial charge < -0.3 is 20.1 Å². The van der Waals surface area contributed by atoms with Gasteiger partial charge in [-0.15, -0.1) is 0 Å². The van der Waals surface area contributed by atoms with Crippen molar-refractivity contribution in [2.75, 3.05) is 13.2 Å². The number of hydrogen-bond acceptors (Lipinski definition) is 5. The predicted octanol–water partition coefficient (Wildman–Crippen LogP) is 0.890. The molecule has 7 nitrogen and oxygen atoms in total. The lowest BCUT2D eigenvalue weighted by Gasteiger charge is -2.31. The number of aromatic nitrogens is 1. The van der Waals surface area contributed by atoms with E-state index in [1.807, 2.05) is 6.07 Å². The molecule has 1 aromatic heterocycles. The number of nitrogens with one attached hydrogen (secondary N) is 2. The van der Waals surface area contributed by atoms with Crippen LogP contribution in [0.1, 0.15) is 37.8 Å². The molecular formula is C17H23N3O4. The summed E-state index contributed by atoms with van der Waals surface area (Å²) in [7, 11) is 0. The van der Waals surface area contributed by atoms with E-state index < -0.39 is 17.6 Å². The molecule has 1 aromatic rings. The Labute approximate surface area is 141 Å². The van der Waals surface area contributed by atoms with Crippen LogP contribution < -0.4 is 10.6 Å². The summed E-state index contributed by atoms with van der Waals surface area (Å²) >= 11 is 0. The minimum Gasteiger partial charge on any atom is -0.347 e. The normalized spacial score (nSPS) is 22.2. The second-order valence-corrected chi connectivity index (χ2v) is 6.24. The van der Waals surface area contributed by atoms with Crippen LogP contribution in [0.4, 0.5) is 0 Å². The van der Waals surface area contributed by atoms with Gasteiger partial charge in [-0.1, -0.05) is 12.5 Å². The number of hydrogen-bond donors (Lipinski definition) is 2. The van der Waals surface area contributed by atoms with Gasteiger partial charge in [0.1, 0.15) is 6.10 Å². The molecule has 1 atom stereocenters. The summed E-state index contributed by atoms with van der Waals surface area (Å²) in [6, 6.07) is 5.40. The zero-order valence-electron chi connectivity index (χ0n) is 13.6. The monoisotopic (exact) mass is 333 g/mol. The van der Waals surface area contributed by atoms with E-state index in [-0.39, 0.29) is 19.2 Å². The van der Waals surface area contributed by atoms with Crippen molar-refractivity contribution in [3.63, 3.8) is 0 Å². The topological polar surface area (TPSA) is 89.6 Å². The van der Waals surface area contributed by atoms with Crippen molar-refractivity contribution in [2.45, 2.75) is 50.5 Å². The molecule has 3 rings (SSSR count). The maximum atomic E-state index is 11.8. The van der Waals surface area contributed by atoms with Crippen LogP contribution in [-0.2, 0) is 25.6 Å². The van der Waals surface area contributed by atoms with Gasteiger partial charge in [0, 0.05) is 25.6 Å². The van der Waals surface area contributed by atoms with Crippen LogP contribution >= 0.6 is 0 Å². The average molecular weight is 333 g/mol. The SMILES string of the molecule is O=C(NCc1ccccn1)C(=O)NC[C@H]1COC2(CCCCC2)O1. The first-order valence-electron chi connectivity index (χ1n) is 8.45. The Morgan fingerprint density at radius 1 is 1.17 bits per heavy atom. The molecule has 1 aliphatic heterocycles. The fourth-order valence-electron chi connectivity index (χ4n) is 3.11. The first-order valence-corrected chi connectivity index (χ1v) is 8.45. The zero-order valence-corrected chi connectivity index (χ0v) is 13.6. The van der Waals surface area contributed by atoms with Crippen molar-refractivity contribution < 1.29 is 19.1 Å². The third-order valence-electron chi connectivity index (χ3n) is 4.38. The number of carbonyl (C=O) groups is 2. The highest BCUT2D eigenvalue weighted by molar-refractivity contribution is 6.35. The van der Waals surface area contributed by atoms with Crippen LogP contribution in [0.25, 0.3) is 0 Å². The summed E-state index contributed by atoms with van der Waals surface area (Å²) in [5.41, 5.74) is 0.699. The quantitative estimate of drug-likeness (QED) is 0.799. The average Bonchev–Trinajstić information content (AvgIpc) is 3.01. The lowest BCUT2D eigenvalue weighted by atomic mass is 9.94. The van der Waals surface area contributed by atoms with Gasteiger partial charge in [0.2, 0.25) is 0 Å². The summed E-state index contributed by atoms with van der Waals surface area (Å²) in [6.07, 6.45) is 6.68. The fraction of sp³-hybridized carbons (Fsp3) is 0.588. The molecule has 1 saturated carbocycles. The first kappa shape index (κ1) is 16.9. The Balaban J connectivity index is 1.38. The number of ether oxygens (including phenoxy) is 2. The molecular weight excluding hydrogens is 310 g/mol. The summed E-state index contributed by atoms with van der Waals surface area (Å²) in [5, 5.41) is 5.15. The highest BCUT2D eigenvalue weighted by Crippen LogP contribution is 2.37. The highest BCUT2D eigenvalue weighted by Gasteiger charge is 2.42. The summed E-state index contributed by atoms with van der Waals surface area (Å²) in [4.78, 5) is 27.7. The van der Waals surface area contributed by atoms with E-state index >= 15 is 0 Å². The molecule has 2 amide bonds. The van der Waals surface area contributed by atoms with E-state index in [0.29, 0.717) is 12.3 Å². The minimum atomic E-state index is -0.674. The molecule has 2 N–H and O–H groups in total. The van der Waals surface area contributed by atoms with Crippen LogP contribution in [-0.4, -0.2) is 41.8 Å². The third kappa shape index (κ3) is 4.30. The summed E-state index contributed by atoms with van der Waals surface area (Å²) in [6.45, 7) is 0.951. The number of rotatable bonds is 4. The second kappa shape index (κ2) is 7.72. The number of carbonyl (C=O) groups excluding carboxylic acids is 2. The van der Waals surface area contributed by atoms with Crippen LogP contribution in [0.15, 0.2) is 24.4 Å². The third-order valence-corrected chi connectivity index (χ3v) is 4.38. The van der Waals surface area contributed by atoms with Crippen LogP contribution in [0, 0.1) is 0 Å². The van der Waals surface area contributed by atoms with Gasteiger partial charge in [0.15, 0.2) is 5.79 Å². The molecule has 1 spiro atoms. The number of amides is 2. The Morgan fingerprint density at radius 3 is 2.71 bits per heavy atom. The smallest absolute Gasteiger partial charge is 0.309 e. The Hall–Kier alpha value is -1.99.